The van der Waals surface area contributed by atoms with Crippen LogP contribution >= 0.6 is 0 Å². The van der Waals surface area contributed by atoms with E-state index in [1.807, 2.05) is 29.2 Å². The molecule has 0 spiro atoms. The zero-order valence-electron chi connectivity index (χ0n) is 19.5. The van der Waals surface area contributed by atoms with E-state index in [1.165, 1.54) is 44.0 Å². The van der Waals surface area contributed by atoms with E-state index in [2.05, 4.69) is 29.7 Å². The molecular weight excluding hydrogens is 414 g/mol. The van der Waals surface area contributed by atoms with E-state index in [4.69, 9.17) is 14.5 Å². The maximum atomic E-state index is 13.0. The van der Waals surface area contributed by atoms with E-state index in [-0.39, 0.29) is 18.6 Å². The molecule has 0 saturated carbocycles. The van der Waals surface area contributed by atoms with E-state index in [1.54, 1.807) is 0 Å². The van der Waals surface area contributed by atoms with Crippen molar-refractivity contribution in [2.75, 3.05) is 18.2 Å². The number of aromatic nitrogens is 2. The number of rotatable bonds is 10. The maximum Gasteiger partial charge on any atom is 0.231 e. The molecule has 2 aliphatic rings. The number of para-hydroxylation sites is 2. The quantitative estimate of drug-likeness (QED) is 0.356. The molecule has 0 aliphatic carbocycles. The Bertz CT molecular complexity index is 1120. The number of carbonyl (C=O) groups excluding carboxylic acids is 1. The van der Waals surface area contributed by atoms with Gasteiger partial charge in [0, 0.05) is 37.2 Å². The number of benzene rings is 2. The van der Waals surface area contributed by atoms with Gasteiger partial charge in [0.1, 0.15) is 5.82 Å². The monoisotopic (exact) mass is 447 g/mol. The number of hydrogen-bond acceptors (Lipinski definition) is 4. The predicted octanol–water partition coefficient (Wildman–Crippen LogP) is 6.04. The fraction of sp³-hybridized carbons (Fsp3) is 0.481. The van der Waals surface area contributed by atoms with Gasteiger partial charge in [-0.1, -0.05) is 57.6 Å². The summed E-state index contributed by atoms with van der Waals surface area (Å²) in [6.07, 6.45) is 9.45. The Hall–Kier alpha value is -3.02. The van der Waals surface area contributed by atoms with Gasteiger partial charge >= 0.3 is 0 Å². The molecule has 5 rings (SSSR count). The number of imidazole rings is 1. The van der Waals surface area contributed by atoms with Crippen LogP contribution in [0, 0.1) is 0 Å². The summed E-state index contributed by atoms with van der Waals surface area (Å²) in [5.74, 6) is 2.69. The van der Waals surface area contributed by atoms with Crippen LogP contribution in [0.4, 0.5) is 5.69 Å². The summed E-state index contributed by atoms with van der Waals surface area (Å²) in [6, 6.07) is 14.1. The Morgan fingerprint density at radius 3 is 2.64 bits per heavy atom. The molecule has 33 heavy (non-hydrogen) atoms. The number of hydrogen-bond donors (Lipinski definition) is 0. The number of carbonyl (C=O) groups is 1. The fourth-order valence-electron chi connectivity index (χ4n) is 5.05. The second-order valence-electron chi connectivity index (χ2n) is 9.17. The Kier molecular flexibility index (Phi) is 6.51. The summed E-state index contributed by atoms with van der Waals surface area (Å²) >= 11 is 0. The molecule has 3 aromatic rings. The minimum atomic E-state index is 0.0832. The van der Waals surface area contributed by atoms with Crippen molar-refractivity contribution in [1.29, 1.82) is 0 Å². The van der Waals surface area contributed by atoms with Crippen molar-refractivity contribution in [2.24, 2.45) is 0 Å². The number of fused-ring (bicyclic) bond motifs is 2. The second kappa shape index (κ2) is 9.86. The molecule has 1 unspecified atom stereocenters. The van der Waals surface area contributed by atoms with E-state index >= 15 is 0 Å². The normalized spacial score (nSPS) is 17.4. The van der Waals surface area contributed by atoms with Crippen molar-refractivity contribution in [2.45, 2.75) is 70.8 Å². The van der Waals surface area contributed by atoms with E-state index in [9.17, 15) is 4.79 Å². The van der Waals surface area contributed by atoms with Gasteiger partial charge in [0.15, 0.2) is 11.5 Å². The summed E-state index contributed by atoms with van der Waals surface area (Å²) < 4.78 is 13.3. The Balaban J connectivity index is 1.32. The molecule has 0 bridgehead atoms. The van der Waals surface area contributed by atoms with E-state index in [0.717, 1.165) is 35.7 Å². The molecule has 1 saturated heterocycles. The maximum absolute atomic E-state index is 13.0. The lowest BCUT2D eigenvalue weighted by atomic mass is 10.1. The van der Waals surface area contributed by atoms with Crippen LogP contribution in [-0.4, -0.2) is 28.8 Å². The SMILES string of the molecule is CCCCCCCCCn1c(C2CC(=O)N(c3ccc4c(c3)OCO4)C2)nc2ccccc21. The Morgan fingerprint density at radius 1 is 0.970 bits per heavy atom. The third-order valence-electron chi connectivity index (χ3n) is 6.83. The highest BCUT2D eigenvalue weighted by Gasteiger charge is 2.35. The van der Waals surface area contributed by atoms with Crippen LogP contribution in [0.15, 0.2) is 42.5 Å². The first-order valence-corrected chi connectivity index (χ1v) is 12.4. The number of amides is 1. The molecular formula is C27H33N3O3. The molecule has 2 aromatic carbocycles. The van der Waals surface area contributed by atoms with Gasteiger partial charge < -0.3 is 18.9 Å². The van der Waals surface area contributed by atoms with E-state index in [0.29, 0.717) is 18.7 Å². The lowest BCUT2D eigenvalue weighted by Gasteiger charge is -2.18. The van der Waals surface area contributed by atoms with Gasteiger partial charge in [-0.2, -0.15) is 0 Å². The largest absolute Gasteiger partial charge is 0.454 e. The van der Waals surface area contributed by atoms with Crippen molar-refractivity contribution < 1.29 is 14.3 Å². The standard InChI is InChI=1S/C27H33N3O3/c1-2-3-4-5-6-7-10-15-29-23-12-9-8-11-22(23)28-27(29)20-16-26(31)30(18-20)21-13-14-24-25(17-21)33-19-32-24/h8-9,11-14,17,20H,2-7,10,15-16,18-19H2,1H3. The van der Waals surface area contributed by atoms with Gasteiger partial charge in [0.2, 0.25) is 12.7 Å². The summed E-state index contributed by atoms with van der Waals surface area (Å²) in [5, 5.41) is 0. The third kappa shape index (κ3) is 4.56. The van der Waals surface area contributed by atoms with Crippen molar-refractivity contribution in [3.8, 4) is 11.5 Å². The van der Waals surface area contributed by atoms with Crippen LogP contribution in [0.2, 0.25) is 0 Å². The predicted molar refractivity (Wildman–Crippen MR) is 130 cm³/mol. The minimum absolute atomic E-state index is 0.0832. The highest BCUT2D eigenvalue weighted by atomic mass is 16.7. The molecule has 0 radical (unpaired) electrons. The Labute approximate surface area is 195 Å². The van der Waals surface area contributed by atoms with Gasteiger partial charge in [-0.15, -0.1) is 0 Å². The molecule has 1 fully saturated rings. The second-order valence-corrected chi connectivity index (χ2v) is 9.17. The lowest BCUT2D eigenvalue weighted by Crippen LogP contribution is -2.24. The average Bonchev–Trinajstić information content (AvgIpc) is 3.54. The van der Waals surface area contributed by atoms with Gasteiger partial charge in [-0.3, -0.25) is 4.79 Å². The molecule has 174 valence electrons. The summed E-state index contributed by atoms with van der Waals surface area (Å²) in [7, 11) is 0. The molecule has 0 N–H and O–H groups in total. The molecule has 6 heteroatoms. The minimum Gasteiger partial charge on any atom is -0.454 e. The smallest absolute Gasteiger partial charge is 0.231 e. The van der Waals surface area contributed by atoms with Crippen LogP contribution in [0.3, 0.4) is 0 Å². The van der Waals surface area contributed by atoms with Crippen LogP contribution in [-0.2, 0) is 11.3 Å². The van der Waals surface area contributed by atoms with Crippen LogP contribution < -0.4 is 14.4 Å². The lowest BCUT2D eigenvalue weighted by molar-refractivity contribution is -0.117. The number of unbranched alkanes of at least 4 members (excludes halogenated alkanes) is 6. The van der Waals surface area contributed by atoms with Crippen molar-refractivity contribution in [1.82, 2.24) is 9.55 Å². The van der Waals surface area contributed by atoms with Gasteiger partial charge in [-0.05, 0) is 30.7 Å². The fourth-order valence-corrected chi connectivity index (χ4v) is 5.05. The van der Waals surface area contributed by atoms with Crippen LogP contribution in [0.5, 0.6) is 11.5 Å². The average molecular weight is 448 g/mol. The number of nitrogens with zero attached hydrogens (tertiary/aromatic N) is 3. The zero-order chi connectivity index (χ0) is 22.6. The Morgan fingerprint density at radius 2 is 1.76 bits per heavy atom. The number of anilines is 1. The molecule has 3 heterocycles. The van der Waals surface area contributed by atoms with Crippen molar-refractivity contribution in [3.05, 3.63) is 48.3 Å². The molecule has 1 atom stereocenters. The van der Waals surface area contributed by atoms with Gasteiger partial charge in [0.05, 0.1) is 11.0 Å². The highest BCUT2D eigenvalue weighted by molar-refractivity contribution is 5.97. The summed E-state index contributed by atoms with van der Waals surface area (Å²) in [4.78, 5) is 19.8. The van der Waals surface area contributed by atoms with Crippen molar-refractivity contribution >= 4 is 22.6 Å². The first-order valence-electron chi connectivity index (χ1n) is 12.4. The summed E-state index contributed by atoms with van der Waals surface area (Å²) in [5.41, 5.74) is 3.05. The molecule has 1 aromatic heterocycles. The van der Waals surface area contributed by atoms with Crippen LogP contribution in [0.25, 0.3) is 11.0 Å². The van der Waals surface area contributed by atoms with Crippen molar-refractivity contribution in [3.63, 3.8) is 0 Å². The number of ether oxygens (including phenoxy) is 2. The van der Waals surface area contributed by atoms with Gasteiger partial charge in [0.25, 0.3) is 0 Å². The van der Waals surface area contributed by atoms with E-state index < -0.39 is 0 Å². The third-order valence-corrected chi connectivity index (χ3v) is 6.83. The number of aryl methyl sites for hydroxylation is 1. The summed E-state index contributed by atoms with van der Waals surface area (Å²) in [6.45, 7) is 4.09. The molecule has 2 aliphatic heterocycles. The first-order chi connectivity index (χ1) is 16.2. The van der Waals surface area contributed by atoms with Crippen LogP contribution in [0.1, 0.15) is 70.0 Å². The first kappa shape index (κ1) is 21.8. The molecule has 6 nitrogen and oxygen atoms in total. The highest BCUT2D eigenvalue weighted by Crippen LogP contribution is 2.39. The topological polar surface area (TPSA) is 56.6 Å². The van der Waals surface area contributed by atoms with Gasteiger partial charge in [-0.25, -0.2) is 4.98 Å². The molecule has 1 amide bonds. The zero-order valence-corrected chi connectivity index (χ0v) is 19.5.